The van der Waals surface area contributed by atoms with E-state index in [1.54, 1.807) is 4.90 Å². The van der Waals surface area contributed by atoms with E-state index < -0.39 is 11.9 Å². The van der Waals surface area contributed by atoms with E-state index in [2.05, 4.69) is 6.92 Å². The third kappa shape index (κ3) is 3.90. The summed E-state index contributed by atoms with van der Waals surface area (Å²) in [5.74, 6) is -1.54. The lowest BCUT2D eigenvalue weighted by Gasteiger charge is -2.16. The molecule has 3 rings (SSSR count). The predicted molar refractivity (Wildman–Crippen MR) is 96.4 cm³/mol. The molecular formula is C21H23NO3. The lowest BCUT2D eigenvalue weighted by Crippen LogP contribution is -2.31. The van der Waals surface area contributed by atoms with E-state index in [-0.39, 0.29) is 18.4 Å². The normalized spacial score (nSPS) is 19.8. The molecule has 0 spiro atoms. The van der Waals surface area contributed by atoms with Crippen LogP contribution < -0.4 is 0 Å². The Hall–Kier alpha value is -2.62. The molecule has 4 heteroatoms. The Bertz CT molecular complexity index is 739. The summed E-state index contributed by atoms with van der Waals surface area (Å²) in [6.45, 7) is 2.84. The standard InChI is InChI=1S/C21H23NO3/c1-2-15-8-10-16(11-9-15)12-20(23)22-13-18(19(14-22)21(24)25)17-6-4-3-5-7-17/h3-11,18-19H,2,12-14H2,1H3,(H,24,25)/t18-,19-/m0/s1. The third-order valence-corrected chi connectivity index (χ3v) is 5.00. The Morgan fingerprint density at radius 1 is 1.00 bits per heavy atom. The summed E-state index contributed by atoms with van der Waals surface area (Å²) in [5, 5.41) is 9.55. The Balaban J connectivity index is 1.71. The monoisotopic (exact) mass is 337 g/mol. The van der Waals surface area contributed by atoms with Crippen LogP contribution >= 0.6 is 0 Å². The van der Waals surface area contributed by atoms with Gasteiger partial charge in [-0.25, -0.2) is 0 Å². The first-order chi connectivity index (χ1) is 12.1. The lowest BCUT2D eigenvalue weighted by molar-refractivity contribution is -0.141. The van der Waals surface area contributed by atoms with Gasteiger partial charge in [0.1, 0.15) is 0 Å². The number of rotatable bonds is 5. The van der Waals surface area contributed by atoms with Gasteiger partial charge in [0, 0.05) is 19.0 Å². The molecule has 0 aliphatic carbocycles. The molecule has 1 aliphatic rings. The highest BCUT2D eigenvalue weighted by Gasteiger charge is 2.40. The molecule has 0 aromatic heterocycles. The van der Waals surface area contributed by atoms with Crippen LogP contribution in [0.1, 0.15) is 29.5 Å². The van der Waals surface area contributed by atoms with Gasteiger partial charge in [-0.3, -0.25) is 9.59 Å². The van der Waals surface area contributed by atoms with Crippen LogP contribution in [0.2, 0.25) is 0 Å². The fraction of sp³-hybridized carbons (Fsp3) is 0.333. The Labute approximate surface area is 148 Å². The second kappa shape index (κ2) is 7.51. The van der Waals surface area contributed by atoms with Gasteiger partial charge in [0.15, 0.2) is 0 Å². The van der Waals surface area contributed by atoms with Crippen molar-refractivity contribution < 1.29 is 14.7 Å². The number of hydrogen-bond acceptors (Lipinski definition) is 2. The molecule has 25 heavy (non-hydrogen) atoms. The molecule has 1 saturated heterocycles. The first-order valence-corrected chi connectivity index (χ1v) is 8.71. The molecule has 1 N–H and O–H groups in total. The quantitative estimate of drug-likeness (QED) is 0.912. The van der Waals surface area contributed by atoms with Crippen molar-refractivity contribution in [3.05, 3.63) is 71.3 Å². The number of carboxylic acid groups (broad SMARTS) is 1. The number of benzene rings is 2. The van der Waals surface area contributed by atoms with E-state index in [0.717, 1.165) is 17.5 Å². The maximum Gasteiger partial charge on any atom is 0.308 e. The molecule has 2 aromatic rings. The van der Waals surface area contributed by atoms with Crippen LogP contribution in [0.15, 0.2) is 54.6 Å². The zero-order valence-electron chi connectivity index (χ0n) is 14.4. The molecule has 4 nitrogen and oxygen atoms in total. The van der Waals surface area contributed by atoms with Crippen LogP contribution in [0.4, 0.5) is 0 Å². The average Bonchev–Trinajstić information content (AvgIpc) is 3.09. The van der Waals surface area contributed by atoms with Crippen molar-refractivity contribution >= 4 is 11.9 Å². The van der Waals surface area contributed by atoms with Gasteiger partial charge < -0.3 is 10.0 Å². The minimum atomic E-state index is -0.837. The summed E-state index contributed by atoms with van der Waals surface area (Å²) in [6.07, 6.45) is 1.29. The summed E-state index contributed by atoms with van der Waals surface area (Å²) in [4.78, 5) is 26.0. The van der Waals surface area contributed by atoms with Gasteiger partial charge >= 0.3 is 5.97 Å². The fourth-order valence-corrected chi connectivity index (χ4v) is 3.47. The number of likely N-dealkylation sites (tertiary alicyclic amines) is 1. The average molecular weight is 337 g/mol. The largest absolute Gasteiger partial charge is 0.481 e. The second-order valence-corrected chi connectivity index (χ2v) is 6.61. The van der Waals surface area contributed by atoms with Crippen LogP contribution in [0, 0.1) is 5.92 Å². The van der Waals surface area contributed by atoms with Crippen LogP contribution in [-0.2, 0) is 22.4 Å². The number of aliphatic carboxylic acids is 1. The first kappa shape index (κ1) is 17.2. The molecule has 2 atom stereocenters. The van der Waals surface area contributed by atoms with E-state index >= 15 is 0 Å². The fourth-order valence-electron chi connectivity index (χ4n) is 3.47. The molecule has 1 heterocycles. The number of carbonyl (C=O) groups is 2. The van der Waals surface area contributed by atoms with Crippen LogP contribution in [0.25, 0.3) is 0 Å². The second-order valence-electron chi connectivity index (χ2n) is 6.61. The zero-order valence-corrected chi connectivity index (χ0v) is 14.4. The van der Waals surface area contributed by atoms with Crippen LogP contribution in [-0.4, -0.2) is 35.0 Å². The number of hydrogen-bond donors (Lipinski definition) is 1. The summed E-state index contributed by atoms with van der Waals surface area (Å²) in [5.41, 5.74) is 3.20. The first-order valence-electron chi connectivity index (χ1n) is 8.71. The number of carbonyl (C=O) groups excluding carboxylic acids is 1. The molecule has 1 aliphatic heterocycles. The summed E-state index contributed by atoms with van der Waals surface area (Å²) >= 11 is 0. The maximum absolute atomic E-state index is 12.6. The van der Waals surface area contributed by atoms with E-state index in [1.165, 1.54) is 5.56 Å². The van der Waals surface area contributed by atoms with Gasteiger partial charge in [0.2, 0.25) is 5.91 Å². The number of aryl methyl sites for hydroxylation is 1. The predicted octanol–water partition coefficient (Wildman–Crippen LogP) is 3.12. The summed E-state index contributed by atoms with van der Waals surface area (Å²) in [7, 11) is 0. The summed E-state index contributed by atoms with van der Waals surface area (Å²) < 4.78 is 0. The maximum atomic E-state index is 12.6. The van der Waals surface area contributed by atoms with E-state index in [9.17, 15) is 14.7 Å². The number of carboxylic acids is 1. The molecule has 0 bridgehead atoms. The molecule has 0 unspecified atom stereocenters. The molecule has 1 fully saturated rings. The smallest absolute Gasteiger partial charge is 0.308 e. The molecular weight excluding hydrogens is 314 g/mol. The highest BCUT2D eigenvalue weighted by atomic mass is 16.4. The van der Waals surface area contributed by atoms with Crippen molar-refractivity contribution in [2.75, 3.05) is 13.1 Å². The summed E-state index contributed by atoms with van der Waals surface area (Å²) in [6, 6.07) is 17.7. The topological polar surface area (TPSA) is 57.6 Å². The molecule has 130 valence electrons. The zero-order chi connectivity index (χ0) is 17.8. The van der Waals surface area contributed by atoms with Gasteiger partial charge in [-0.15, -0.1) is 0 Å². The Morgan fingerprint density at radius 2 is 1.64 bits per heavy atom. The lowest BCUT2D eigenvalue weighted by atomic mass is 9.89. The van der Waals surface area contributed by atoms with E-state index in [4.69, 9.17) is 0 Å². The van der Waals surface area contributed by atoms with Gasteiger partial charge in [0.05, 0.1) is 12.3 Å². The van der Waals surface area contributed by atoms with Crippen molar-refractivity contribution in [2.24, 2.45) is 5.92 Å². The van der Waals surface area contributed by atoms with E-state index in [1.807, 2.05) is 54.6 Å². The van der Waals surface area contributed by atoms with Crippen LogP contribution in [0.5, 0.6) is 0 Å². The highest BCUT2D eigenvalue weighted by molar-refractivity contribution is 5.81. The highest BCUT2D eigenvalue weighted by Crippen LogP contribution is 2.33. The minimum absolute atomic E-state index is 0.00562. The van der Waals surface area contributed by atoms with Crippen molar-refractivity contribution in [1.29, 1.82) is 0 Å². The Kier molecular flexibility index (Phi) is 5.17. The molecule has 1 amide bonds. The van der Waals surface area contributed by atoms with Gasteiger partial charge in [-0.2, -0.15) is 0 Å². The molecule has 0 radical (unpaired) electrons. The Morgan fingerprint density at radius 3 is 2.24 bits per heavy atom. The van der Waals surface area contributed by atoms with Crippen molar-refractivity contribution in [1.82, 2.24) is 4.90 Å². The van der Waals surface area contributed by atoms with Gasteiger partial charge in [-0.1, -0.05) is 61.5 Å². The van der Waals surface area contributed by atoms with E-state index in [0.29, 0.717) is 13.0 Å². The van der Waals surface area contributed by atoms with Crippen LogP contribution in [0.3, 0.4) is 0 Å². The van der Waals surface area contributed by atoms with Crippen molar-refractivity contribution in [2.45, 2.75) is 25.7 Å². The SMILES string of the molecule is CCc1ccc(CC(=O)N2C[C@H](C(=O)O)[C@H](c3ccccc3)C2)cc1. The van der Waals surface area contributed by atoms with Crippen molar-refractivity contribution in [3.63, 3.8) is 0 Å². The molecule has 2 aromatic carbocycles. The minimum Gasteiger partial charge on any atom is -0.481 e. The van der Waals surface area contributed by atoms with Gasteiger partial charge in [-0.05, 0) is 23.1 Å². The number of nitrogens with zero attached hydrogens (tertiary/aromatic N) is 1. The number of amides is 1. The van der Waals surface area contributed by atoms with Crippen molar-refractivity contribution in [3.8, 4) is 0 Å². The van der Waals surface area contributed by atoms with Gasteiger partial charge in [0.25, 0.3) is 0 Å². The third-order valence-electron chi connectivity index (χ3n) is 5.00. The molecule has 0 saturated carbocycles.